The Kier molecular flexibility index (Phi) is 10.7. The quantitative estimate of drug-likeness (QED) is 0.264. The number of aromatic nitrogens is 2. The van der Waals surface area contributed by atoms with Crippen molar-refractivity contribution in [2.75, 3.05) is 6.54 Å². The van der Waals surface area contributed by atoms with Gasteiger partial charge in [-0.3, -0.25) is 33.4 Å². The molecular formula is C34H51N7O6. The predicted molar refractivity (Wildman–Crippen MR) is 173 cm³/mol. The average molecular weight is 654 g/mol. The van der Waals surface area contributed by atoms with E-state index in [0.29, 0.717) is 12.1 Å². The van der Waals surface area contributed by atoms with Gasteiger partial charge in [0.15, 0.2) is 0 Å². The lowest BCUT2D eigenvalue weighted by atomic mass is 9.81. The fourth-order valence-electron chi connectivity index (χ4n) is 7.58. The molecule has 13 nitrogen and oxygen atoms in total. The number of aryl methyl sites for hydroxylation is 1. The van der Waals surface area contributed by atoms with Crippen LogP contribution in [-0.2, 0) is 31.0 Å². The maximum atomic E-state index is 14.6. The maximum Gasteiger partial charge on any atom is 0.289 e. The molecule has 3 saturated carbocycles. The molecule has 2 heterocycles. The molecule has 0 aromatic carbocycles. The smallest absolute Gasteiger partial charge is 0.289 e. The van der Waals surface area contributed by atoms with Gasteiger partial charge in [0.1, 0.15) is 23.8 Å². The second-order valence-corrected chi connectivity index (χ2v) is 15.0. The SMILES string of the molecule is Cn1nccc1C(=O)NC(C(=O)N[C@H](C(=O)N1C2CCCCC2C[C@H]1C(=O)NCC(=O)C(=O)NC1CC1)C(C)(C)C)C1CCCCC1. The molecule has 0 radical (unpaired) electrons. The van der Waals surface area contributed by atoms with E-state index in [1.54, 1.807) is 18.0 Å². The van der Waals surface area contributed by atoms with Gasteiger partial charge in [-0.1, -0.05) is 52.9 Å². The number of hydrogen-bond acceptors (Lipinski definition) is 7. The molecule has 258 valence electrons. The monoisotopic (exact) mass is 653 g/mol. The van der Waals surface area contributed by atoms with Crippen LogP contribution in [0, 0.1) is 17.3 Å². The van der Waals surface area contributed by atoms with Gasteiger partial charge in [0.2, 0.25) is 23.5 Å². The maximum absolute atomic E-state index is 14.6. The van der Waals surface area contributed by atoms with Crippen molar-refractivity contribution in [1.82, 2.24) is 35.9 Å². The van der Waals surface area contributed by atoms with Crippen LogP contribution in [-0.4, -0.2) is 86.8 Å². The molecule has 0 bridgehead atoms. The van der Waals surface area contributed by atoms with E-state index in [2.05, 4.69) is 26.4 Å². The predicted octanol–water partition coefficient (Wildman–Crippen LogP) is 1.75. The number of carbonyl (C=O) groups is 6. The van der Waals surface area contributed by atoms with E-state index < -0.39 is 59.5 Å². The summed E-state index contributed by atoms with van der Waals surface area (Å²) in [6.45, 7) is 5.19. The molecule has 5 rings (SSSR count). The zero-order valence-electron chi connectivity index (χ0n) is 28.2. The van der Waals surface area contributed by atoms with Crippen molar-refractivity contribution in [3.8, 4) is 0 Å². The van der Waals surface area contributed by atoms with E-state index in [-0.39, 0.29) is 29.8 Å². The highest BCUT2D eigenvalue weighted by atomic mass is 16.2. The van der Waals surface area contributed by atoms with Crippen LogP contribution in [0.25, 0.3) is 0 Å². The average Bonchev–Trinajstić information content (AvgIpc) is 3.61. The Balaban J connectivity index is 1.34. The number of fused-ring (bicyclic) bond motifs is 1. The summed E-state index contributed by atoms with van der Waals surface area (Å²) in [5, 5.41) is 15.3. The molecule has 1 aromatic heterocycles. The Hall–Kier alpha value is -3.77. The van der Waals surface area contributed by atoms with E-state index in [1.807, 2.05) is 20.8 Å². The molecule has 47 heavy (non-hydrogen) atoms. The summed E-state index contributed by atoms with van der Waals surface area (Å²) in [5.74, 6) is -3.04. The number of Topliss-reactive ketones (excluding diaryl/α,β-unsaturated/α-hetero) is 1. The minimum atomic E-state index is -0.975. The molecule has 5 atom stereocenters. The lowest BCUT2D eigenvalue weighted by Crippen LogP contribution is -2.62. The van der Waals surface area contributed by atoms with Crippen LogP contribution in [0.5, 0.6) is 0 Å². The first-order valence-electron chi connectivity index (χ1n) is 17.4. The summed E-state index contributed by atoms with van der Waals surface area (Å²) in [7, 11) is 1.67. The minimum absolute atomic E-state index is 0.0268. The Morgan fingerprint density at radius 1 is 0.915 bits per heavy atom. The molecule has 1 aromatic rings. The fourth-order valence-corrected chi connectivity index (χ4v) is 7.58. The highest BCUT2D eigenvalue weighted by molar-refractivity contribution is 6.37. The van der Waals surface area contributed by atoms with E-state index in [0.717, 1.165) is 70.6 Å². The van der Waals surface area contributed by atoms with Crippen LogP contribution in [0.15, 0.2) is 12.3 Å². The second kappa shape index (κ2) is 14.6. The number of hydrogen-bond donors (Lipinski definition) is 4. The van der Waals surface area contributed by atoms with Crippen molar-refractivity contribution < 1.29 is 28.8 Å². The van der Waals surface area contributed by atoms with Gasteiger partial charge in [-0.15, -0.1) is 0 Å². The highest BCUT2D eigenvalue weighted by Crippen LogP contribution is 2.41. The summed E-state index contributed by atoms with van der Waals surface area (Å²) in [6.07, 6.45) is 11.8. The van der Waals surface area contributed by atoms with Gasteiger partial charge >= 0.3 is 0 Å². The molecule has 1 saturated heterocycles. The molecule has 4 fully saturated rings. The Morgan fingerprint density at radius 2 is 1.60 bits per heavy atom. The highest BCUT2D eigenvalue weighted by Gasteiger charge is 2.51. The van der Waals surface area contributed by atoms with Crippen LogP contribution in [0.1, 0.15) is 108 Å². The standard InChI is InChI=1S/C34H51N7O6/c1-34(2,3)28(39-32(46)27(20-10-6-5-7-11-20)38-30(44)24-16-17-36-40(24)4)33(47)41-23-13-9-8-12-21(23)18-25(41)29(43)35-19-26(42)31(45)37-22-14-15-22/h16-17,20-23,25,27-28H,5-15,18-19H2,1-4H3,(H,35,43)(H,37,45)(H,38,44)(H,39,46)/t21?,23?,25-,27?,28+/m0/s1. The van der Waals surface area contributed by atoms with Crippen molar-refractivity contribution in [2.24, 2.45) is 24.3 Å². The van der Waals surface area contributed by atoms with Gasteiger partial charge in [-0.25, -0.2) is 0 Å². The Bertz CT molecular complexity index is 1360. The Morgan fingerprint density at radius 3 is 2.23 bits per heavy atom. The van der Waals surface area contributed by atoms with Crippen LogP contribution in [0.4, 0.5) is 0 Å². The summed E-state index contributed by atoms with van der Waals surface area (Å²) in [6, 6.07) is -1.19. The van der Waals surface area contributed by atoms with Gasteiger partial charge in [-0.2, -0.15) is 5.10 Å². The lowest BCUT2D eigenvalue weighted by Gasteiger charge is -2.40. The van der Waals surface area contributed by atoms with E-state index in [9.17, 15) is 28.8 Å². The van der Waals surface area contributed by atoms with Gasteiger partial charge in [0, 0.05) is 25.3 Å². The number of rotatable bonds is 11. The second-order valence-electron chi connectivity index (χ2n) is 15.0. The number of nitrogens with zero attached hydrogens (tertiary/aromatic N) is 3. The van der Waals surface area contributed by atoms with Gasteiger partial charge in [-0.05, 0) is 68.3 Å². The summed E-state index contributed by atoms with van der Waals surface area (Å²) >= 11 is 0. The molecule has 3 aliphatic carbocycles. The largest absolute Gasteiger partial charge is 0.347 e. The molecule has 5 amide bonds. The molecule has 4 N–H and O–H groups in total. The van der Waals surface area contributed by atoms with Crippen LogP contribution >= 0.6 is 0 Å². The van der Waals surface area contributed by atoms with E-state index in [1.165, 1.54) is 10.9 Å². The Labute approximate surface area is 276 Å². The molecule has 4 aliphatic rings. The van der Waals surface area contributed by atoms with E-state index >= 15 is 0 Å². The first kappa shape index (κ1) is 34.6. The molecular weight excluding hydrogens is 602 g/mol. The first-order chi connectivity index (χ1) is 22.3. The molecule has 0 spiro atoms. The lowest BCUT2D eigenvalue weighted by molar-refractivity contribution is -0.147. The van der Waals surface area contributed by atoms with Crippen molar-refractivity contribution in [2.45, 2.75) is 128 Å². The first-order valence-corrected chi connectivity index (χ1v) is 17.4. The number of ketones is 1. The fraction of sp³-hybridized carbons (Fsp3) is 0.735. The third kappa shape index (κ3) is 8.21. The number of carbonyl (C=O) groups excluding carboxylic acids is 6. The van der Waals surface area contributed by atoms with Crippen LogP contribution in [0.2, 0.25) is 0 Å². The van der Waals surface area contributed by atoms with Crippen molar-refractivity contribution in [1.29, 1.82) is 0 Å². The zero-order chi connectivity index (χ0) is 33.9. The summed E-state index contributed by atoms with van der Waals surface area (Å²) < 4.78 is 1.46. The topological polar surface area (TPSA) is 172 Å². The number of likely N-dealkylation sites (tertiary alicyclic amines) is 1. The summed E-state index contributed by atoms with van der Waals surface area (Å²) in [5.41, 5.74) is -0.389. The number of amides is 5. The van der Waals surface area contributed by atoms with Crippen molar-refractivity contribution in [3.63, 3.8) is 0 Å². The van der Waals surface area contributed by atoms with Crippen molar-refractivity contribution >= 4 is 35.3 Å². The van der Waals surface area contributed by atoms with Gasteiger partial charge < -0.3 is 26.2 Å². The minimum Gasteiger partial charge on any atom is -0.347 e. The van der Waals surface area contributed by atoms with Crippen LogP contribution < -0.4 is 21.3 Å². The van der Waals surface area contributed by atoms with Crippen LogP contribution in [0.3, 0.4) is 0 Å². The molecule has 1 aliphatic heterocycles. The molecule has 13 heteroatoms. The normalized spacial score (nSPS) is 24.4. The summed E-state index contributed by atoms with van der Waals surface area (Å²) in [4.78, 5) is 81.9. The third-order valence-electron chi connectivity index (χ3n) is 10.4. The third-order valence-corrected chi connectivity index (χ3v) is 10.4. The van der Waals surface area contributed by atoms with Gasteiger partial charge in [0.25, 0.3) is 11.8 Å². The molecule has 3 unspecified atom stereocenters. The van der Waals surface area contributed by atoms with Gasteiger partial charge in [0.05, 0.1) is 6.54 Å². The van der Waals surface area contributed by atoms with E-state index in [4.69, 9.17) is 0 Å². The zero-order valence-corrected chi connectivity index (χ0v) is 28.2. The number of nitrogens with one attached hydrogen (secondary N) is 4. The van der Waals surface area contributed by atoms with Crippen molar-refractivity contribution in [3.05, 3.63) is 18.0 Å².